The lowest BCUT2D eigenvalue weighted by atomic mass is 9.66. The molecule has 1 unspecified atom stereocenters. The van der Waals surface area contributed by atoms with E-state index >= 15 is 0 Å². The number of phenolic OH excluding ortho intramolecular Hbond substituents is 2. The predicted molar refractivity (Wildman–Crippen MR) is 369 cm³/mol. The molecule has 1 fully saturated rings. The highest BCUT2D eigenvalue weighted by Gasteiger charge is 2.57. The number of hydrogen-bond acceptors (Lipinski definition) is 15. The average molecular weight is 1530 g/mol. The van der Waals surface area contributed by atoms with Gasteiger partial charge in [-0.25, -0.2) is 26.3 Å². The van der Waals surface area contributed by atoms with Gasteiger partial charge in [0.05, 0.1) is 30.8 Å². The normalized spacial score (nSPS) is 19.0. The summed E-state index contributed by atoms with van der Waals surface area (Å²) < 4.78 is 216. The predicted octanol–water partition coefficient (Wildman–Crippen LogP) is 17.5. The third-order valence-electron chi connectivity index (χ3n) is 17.9. The van der Waals surface area contributed by atoms with Crippen LogP contribution in [0, 0.1) is 5.53 Å². The van der Waals surface area contributed by atoms with Crippen LogP contribution in [0.2, 0.25) is 0 Å². The summed E-state index contributed by atoms with van der Waals surface area (Å²) in [5.41, 5.74) is 9.64. The van der Waals surface area contributed by atoms with Gasteiger partial charge in [-0.2, -0.15) is 49.4 Å². The summed E-state index contributed by atoms with van der Waals surface area (Å²) >= 11 is 0. The van der Waals surface area contributed by atoms with Gasteiger partial charge in [0.2, 0.25) is 20.0 Å². The molecule has 20 nitrogen and oxygen atoms in total. The molecule has 0 bridgehead atoms. The number of aromatic hydroxyl groups is 2. The molecule has 0 spiro atoms. The second-order valence-corrected chi connectivity index (χ2v) is 29.7. The highest BCUT2D eigenvalue weighted by Crippen LogP contribution is 2.52. The summed E-state index contributed by atoms with van der Waals surface area (Å²) in [6.45, 7) is 7.81. The van der Waals surface area contributed by atoms with Crippen LogP contribution in [0.4, 0.5) is 43.9 Å². The third kappa shape index (κ3) is 30.6. The molecular weight excluding hydrogens is 1420 g/mol. The molecule has 3 heterocycles. The summed E-state index contributed by atoms with van der Waals surface area (Å²) in [5, 5.41) is 27.4. The molecule has 102 heavy (non-hydrogen) atoms. The Balaban J connectivity index is 0.000000458. The van der Waals surface area contributed by atoms with Crippen molar-refractivity contribution < 1.29 is 104 Å². The first-order valence-electron chi connectivity index (χ1n) is 34.0. The van der Waals surface area contributed by atoms with E-state index in [1.165, 1.54) is 12.8 Å². The highest BCUT2D eigenvalue weighted by molar-refractivity contribution is 7.89. The topological polar surface area (TPSA) is 284 Å². The van der Waals surface area contributed by atoms with E-state index in [0.717, 1.165) is 117 Å². The zero-order valence-corrected chi connectivity index (χ0v) is 61.0. The number of phenols is 2. The van der Waals surface area contributed by atoms with Gasteiger partial charge in [0.15, 0.2) is 13.6 Å². The first-order valence-corrected chi connectivity index (χ1v) is 37.3. The van der Waals surface area contributed by atoms with Gasteiger partial charge in [-0.05, 0) is 127 Å². The van der Waals surface area contributed by atoms with Crippen molar-refractivity contribution in [3.8, 4) is 34.5 Å². The van der Waals surface area contributed by atoms with Gasteiger partial charge >= 0.3 is 24.2 Å². The molecule has 0 amide bonds. The summed E-state index contributed by atoms with van der Waals surface area (Å²) in [7, 11) is -4.32. The van der Waals surface area contributed by atoms with Crippen molar-refractivity contribution in [1.82, 2.24) is 9.44 Å². The number of ether oxygens (including phenoxy) is 7. The number of hydrogen-bond donors (Lipinski definition) is 6. The standard InChI is InChI=1S/C34H48F5NO7S.C30H40F5NO5S.C5H10O.ClH.H3N5/c1-32(26-13-15-27(16-14-26)46-24-43-2)23-45-31-22-28(47-25-44-3)17-18-29(31)30(32)12-9-7-5-4-6-8-10-21-48(41,42)40-20-11-19-33(35,36)34(37,38)39;1-28(22-11-13-23(37)14-12-22)21-41-27-20-24(38)15-16-25(27)26(28)10-7-5-3-2-4-6-8-19-42(39,40)36-18-9-17-29(31,32)30(33,34)35;1-5-3-2-4-6-5;;1-3-5-4-2/h13-18,22,30,40H,4-12,19-21,23-25H2,1-3H3;11-16,20,26,36-38H,2-10,17-19,21H2,1H3;5H,2-4H2,1H3;1H;(H3,1,2,5)/t30-,32-;26-,28-;;;/m11.../s1. The zero-order chi connectivity index (χ0) is 74.8. The quantitative estimate of drug-likeness (QED) is 0.00605. The fourth-order valence-electron chi connectivity index (χ4n) is 12.2. The van der Waals surface area contributed by atoms with Gasteiger partial charge in [0.25, 0.3) is 0 Å². The molecule has 1 saturated heterocycles. The van der Waals surface area contributed by atoms with E-state index < -0.39 is 83.0 Å². The van der Waals surface area contributed by atoms with Crippen molar-refractivity contribution in [2.24, 2.45) is 21.5 Å². The van der Waals surface area contributed by atoms with Crippen molar-refractivity contribution >= 4 is 32.5 Å². The van der Waals surface area contributed by atoms with E-state index in [9.17, 15) is 71.0 Å². The van der Waals surface area contributed by atoms with Crippen LogP contribution in [0.3, 0.4) is 0 Å². The van der Waals surface area contributed by atoms with Crippen LogP contribution in [0.1, 0.15) is 196 Å². The number of benzene rings is 4. The smallest absolute Gasteiger partial charge is 0.453 e. The second kappa shape index (κ2) is 44.1. The molecule has 0 saturated carbocycles. The molecule has 3 aliphatic rings. The number of nitrogens with zero attached hydrogens (tertiary/aromatic N) is 3. The lowest BCUT2D eigenvalue weighted by Gasteiger charge is -2.43. The van der Waals surface area contributed by atoms with Crippen LogP contribution in [0.25, 0.3) is 0 Å². The number of nitrogens with two attached hydrogens (primary N) is 1. The molecule has 4 aromatic carbocycles. The molecule has 580 valence electrons. The van der Waals surface area contributed by atoms with E-state index in [-0.39, 0.29) is 71.7 Å². The van der Waals surface area contributed by atoms with Crippen molar-refractivity contribution in [3.63, 3.8) is 0 Å². The Kier molecular flexibility index (Phi) is 39.0. The lowest BCUT2D eigenvalue weighted by Crippen LogP contribution is -2.40. The van der Waals surface area contributed by atoms with Gasteiger partial charge in [-0.1, -0.05) is 133 Å². The Morgan fingerprint density at radius 3 is 1.34 bits per heavy atom. The number of rotatable bonds is 39. The average Bonchev–Trinajstić information content (AvgIpc) is 1.17. The minimum Gasteiger partial charge on any atom is -0.508 e. The Morgan fingerprint density at radius 1 is 0.569 bits per heavy atom. The largest absolute Gasteiger partial charge is 0.508 e. The lowest BCUT2D eigenvalue weighted by molar-refractivity contribution is -0.284. The van der Waals surface area contributed by atoms with Crippen molar-refractivity contribution in [2.75, 3.05) is 72.2 Å². The van der Waals surface area contributed by atoms with E-state index in [2.05, 4.69) is 69.9 Å². The van der Waals surface area contributed by atoms with Gasteiger partial charge in [0, 0.05) is 81.6 Å². The summed E-state index contributed by atoms with van der Waals surface area (Å²) in [5.74, 6) is -2.12. The van der Waals surface area contributed by atoms with Crippen molar-refractivity contribution in [3.05, 3.63) is 107 Å². The zero-order valence-electron chi connectivity index (χ0n) is 58.5. The maximum atomic E-state index is 13.0. The van der Waals surface area contributed by atoms with Crippen LogP contribution < -0.4 is 34.2 Å². The maximum absolute atomic E-state index is 13.0. The molecule has 3 aliphatic heterocycles. The first kappa shape index (κ1) is 90.2. The van der Waals surface area contributed by atoms with Gasteiger partial charge in [0.1, 0.15) is 34.5 Å². The Hall–Kier alpha value is -6.03. The number of halogens is 11. The monoisotopic (exact) mass is 1530 g/mol. The van der Waals surface area contributed by atoms with Crippen LogP contribution in [0.15, 0.2) is 101 Å². The minimum absolute atomic E-state index is 0. The van der Waals surface area contributed by atoms with Gasteiger partial charge in [-0.15, -0.1) is 12.4 Å². The van der Waals surface area contributed by atoms with E-state index in [1.807, 2.05) is 42.5 Å². The van der Waals surface area contributed by atoms with E-state index in [1.54, 1.807) is 38.5 Å². The summed E-state index contributed by atoms with van der Waals surface area (Å²) in [4.78, 5) is 0. The Labute approximate surface area is 599 Å². The fraction of sp³-hybridized carbons (Fsp3) is 0.652. The second-order valence-electron chi connectivity index (χ2n) is 25.8. The SMILES string of the molecule is CC1CCCO1.COCOc1ccc([C@@]2(C)COc3cc(OCOC)ccc3[C@H]2CCCCCCCCCS(=O)(=O)NCCCC(F)(F)C(F)(F)F)cc1.C[C@]1(c2ccc(O)cc2)COc2cc(O)ccc2[C@H]1CCCCCCCCCS(=O)(=O)NCCCC(F)(F)C(F)(F)F.Cl.N=N/N=N/N. The molecule has 5 atom stereocenters. The Morgan fingerprint density at radius 2 is 0.961 bits per heavy atom. The molecular formula is C69H102ClF10N7O13S2. The molecule has 0 aliphatic carbocycles. The summed E-state index contributed by atoms with van der Waals surface area (Å²) in [6.07, 6.45) is 1.05. The molecule has 4 aromatic rings. The van der Waals surface area contributed by atoms with E-state index in [0.29, 0.717) is 56.5 Å². The van der Waals surface area contributed by atoms with Crippen LogP contribution >= 0.6 is 12.4 Å². The van der Waals surface area contributed by atoms with Crippen LogP contribution in [-0.2, 0) is 45.1 Å². The number of fused-ring (bicyclic) bond motifs is 2. The number of unbranched alkanes of at least 4 members (excludes halogenated alkanes) is 12. The minimum atomic E-state index is -5.64. The third-order valence-corrected chi connectivity index (χ3v) is 20.9. The fourth-order valence-corrected chi connectivity index (χ4v) is 14.5. The number of alkyl halides is 10. The van der Waals surface area contributed by atoms with Crippen molar-refractivity contribution in [2.45, 2.75) is 215 Å². The van der Waals surface area contributed by atoms with Crippen LogP contribution in [0.5, 0.6) is 34.5 Å². The number of sulfonamides is 2. The number of nitrogens with one attached hydrogen (secondary N) is 3. The Bertz CT molecular complexity index is 3310. The van der Waals surface area contributed by atoms with E-state index in [4.69, 9.17) is 38.7 Å². The molecule has 7 N–H and O–H groups in total. The first-order chi connectivity index (χ1) is 47.7. The highest BCUT2D eigenvalue weighted by atomic mass is 35.5. The molecule has 7 rings (SSSR count). The maximum Gasteiger partial charge on any atom is 0.453 e. The summed E-state index contributed by atoms with van der Waals surface area (Å²) in [6, 6.07) is 26.3. The molecule has 33 heteroatoms. The van der Waals surface area contributed by atoms with Crippen LogP contribution in [-0.4, -0.2) is 130 Å². The molecule has 0 radical (unpaired) electrons. The van der Waals surface area contributed by atoms with Crippen molar-refractivity contribution in [1.29, 1.82) is 5.53 Å². The van der Waals surface area contributed by atoms with Gasteiger partial charge in [-0.3, -0.25) is 0 Å². The number of methoxy groups -OCH3 is 2. The van der Waals surface area contributed by atoms with Gasteiger partial charge < -0.3 is 49.2 Å². The molecule has 0 aromatic heterocycles.